The van der Waals surface area contributed by atoms with Crippen LogP contribution >= 0.6 is 0 Å². The van der Waals surface area contributed by atoms with Crippen LogP contribution in [0.2, 0.25) is 0 Å². The zero-order valence-corrected chi connectivity index (χ0v) is 55.1. The van der Waals surface area contributed by atoms with Crippen LogP contribution in [-0.4, -0.2) is 160 Å². The van der Waals surface area contributed by atoms with Crippen molar-refractivity contribution in [2.45, 2.75) is 35.9 Å². The van der Waals surface area contributed by atoms with E-state index in [9.17, 15) is 52.7 Å². The smallest absolute Gasteiger partial charge is 2.00 e. The van der Waals surface area contributed by atoms with Crippen LogP contribution in [0.1, 0.15) is 13.8 Å². The van der Waals surface area contributed by atoms with Crippen molar-refractivity contribution in [1.29, 1.82) is 10.5 Å². The molecule has 0 aliphatic rings. The van der Waals surface area contributed by atoms with Crippen molar-refractivity contribution in [3.8, 4) is 12.1 Å². The summed E-state index contributed by atoms with van der Waals surface area (Å²) in [6.45, 7) is 2.86. The number of anilines is 4. The molecule has 508 valence electrons. The molecule has 0 aromatic carbocycles. The van der Waals surface area contributed by atoms with Gasteiger partial charge in [-0.1, -0.05) is 12.1 Å². The molecule has 43 heteroatoms. The molecule has 0 saturated heterocycles. The van der Waals surface area contributed by atoms with E-state index in [0.717, 1.165) is 0 Å². The van der Waals surface area contributed by atoms with E-state index in [1.165, 1.54) is 36.6 Å². The van der Waals surface area contributed by atoms with Gasteiger partial charge in [0.2, 0.25) is 0 Å². The molecule has 0 bridgehead atoms. The number of hydrogen-bond acceptors (Lipinski definition) is 24. The second kappa shape index (κ2) is 53.2. The molecule has 0 aliphatic carbocycles. The van der Waals surface area contributed by atoms with Crippen molar-refractivity contribution in [2.75, 3.05) is 76.0 Å². The van der Waals surface area contributed by atoms with E-state index in [0.29, 0.717) is 0 Å². The number of hydrogen-bond donors (Lipinski definition) is 0. The molecule has 6 aromatic rings. The first kappa shape index (κ1) is 101. The van der Waals surface area contributed by atoms with Crippen LogP contribution in [0.15, 0.2) is 159 Å². The second-order valence-electron chi connectivity index (χ2n) is 14.5. The number of halogens is 12. The summed E-state index contributed by atoms with van der Waals surface area (Å²) in [5.74, 6) is 0. The Morgan fingerprint density at radius 1 is 0.326 bits per heavy atom. The predicted octanol–water partition coefficient (Wildman–Crippen LogP) is 7.90. The maximum atomic E-state index is 10.7. The third-order valence-electron chi connectivity index (χ3n) is 6.98. The molecule has 6 heterocycles. The second-order valence-corrected chi connectivity index (χ2v) is 20.0. The van der Waals surface area contributed by atoms with Crippen LogP contribution in [-0.2, 0) is 90.7 Å². The molecule has 0 saturated carbocycles. The van der Waals surface area contributed by atoms with Crippen molar-refractivity contribution in [3.63, 3.8) is 0 Å². The van der Waals surface area contributed by atoms with Crippen LogP contribution in [0.25, 0.3) is 0 Å². The minimum atomic E-state index is -6.09. The normalized spacial score (nSPS) is 9.98. The first-order valence-electron chi connectivity index (χ1n) is 21.7. The number of pyridine rings is 6. The molecule has 25 nitrogen and oxygen atoms in total. The number of nitriles is 2. The summed E-state index contributed by atoms with van der Waals surface area (Å²) in [5.41, 5.74) is -17.8. The Morgan fingerprint density at radius 3 is 0.472 bits per heavy atom. The van der Waals surface area contributed by atoms with E-state index in [1.54, 1.807) is 86.5 Å². The Morgan fingerprint density at radius 2 is 0.427 bits per heavy atom. The summed E-state index contributed by atoms with van der Waals surface area (Å²) in [4.78, 5) is 31.3. The van der Waals surface area contributed by atoms with Gasteiger partial charge in [-0.15, -0.1) is 0 Å². The Hall–Kier alpha value is -6.68. The van der Waals surface area contributed by atoms with Crippen LogP contribution in [0.3, 0.4) is 0 Å². The first-order valence-corrected chi connectivity index (χ1v) is 27.4. The summed E-state index contributed by atoms with van der Waals surface area (Å²) in [6.07, 6.45) is 21.3. The molecule has 6 rings (SSSR count). The molecule has 0 amide bonds. The third kappa shape index (κ3) is 64.1. The van der Waals surface area contributed by atoms with E-state index < -0.39 is 62.5 Å². The maximum absolute atomic E-state index is 10.7. The van der Waals surface area contributed by atoms with Crippen LogP contribution in [0, 0.1) is 22.7 Å². The van der Waals surface area contributed by atoms with Crippen molar-refractivity contribution in [2.24, 2.45) is 0 Å². The Balaban J connectivity index is -0.000000113. The Labute approximate surface area is 538 Å². The number of aromatic nitrogens is 6. The van der Waals surface area contributed by atoms with E-state index in [-0.39, 0.29) is 50.2 Å². The fourth-order valence-electron chi connectivity index (χ4n) is 3.19. The standard InChI is InChI=1S/4C7H10N2.2C5H5N.2C2H3N.4CHF3O3S.2Au.O/c4*1-9(2)7-3-5-8-6-4-7;2*1-2-4-6-5-3-1;2*1-2-3;4*2-1(3,4)8(5,6)7;;;/h4*3-6H,1-2H3;2*1-5H;2*1H3;4*(H,5,6,7);;;/q;;;;;;;;;;;;2*+3;-2/p-4. The van der Waals surface area contributed by atoms with Gasteiger partial charge < -0.3 is 43.3 Å². The molecule has 0 atom stereocenters. The van der Waals surface area contributed by atoms with Gasteiger partial charge in [-0.3, -0.25) is 29.9 Å². The topological polar surface area (TPSA) is 395 Å². The molecule has 89 heavy (non-hydrogen) atoms. The van der Waals surface area contributed by atoms with E-state index in [2.05, 4.69) is 29.9 Å². The molecule has 0 unspecified atom stereocenters. The minimum Gasteiger partial charge on any atom is -2.00 e. The summed E-state index contributed by atoms with van der Waals surface area (Å²) in [6, 6.07) is 30.7. The van der Waals surface area contributed by atoms with E-state index >= 15 is 0 Å². The van der Waals surface area contributed by atoms with Crippen LogP contribution in [0.4, 0.5) is 75.4 Å². The van der Waals surface area contributed by atoms with Gasteiger partial charge in [-0.05, 0) is 72.8 Å². The summed E-state index contributed by atoms with van der Waals surface area (Å²) in [7, 11) is -8.29. The fraction of sp³-hybridized carbons (Fsp3) is 0.304. The molecular weight excluding hydrogens is 1680 g/mol. The van der Waals surface area contributed by atoms with Crippen molar-refractivity contribution < 1.29 is 155 Å². The van der Waals surface area contributed by atoms with Crippen molar-refractivity contribution in [3.05, 3.63) is 159 Å². The van der Waals surface area contributed by atoms with Gasteiger partial charge in [-0.2, -0.15) is 63.2 Å². The van der Waals surface area contributed by atoms with E-state index in [1.807, 2.05) is 161 Å². The molecule has 0 fully saturated rings. The van der Waals surface area contributed by atoms with Gasteiger partial charge in [0.05, 0.1) is 12.1 Å². The van der Waals surface area contributed by atoms with Crippen molar-refractivity contribution >= 4 is 63.2 Å². The fourth-order valence-corrected chi connectivity index (χ4v) is 3.19. The monoisotopic (exact) mass is 1730 g/mol. The largest absolute Gasteiger partial charge is 3.00 e. The zero-order chi connectivity index (χ0) is 68.7. The summed E-state index contributed by atoms with van der Waals surface area (Å²) in [5, 5.41) is 14.6. The van der Waals surface area contributed by atoms with Gasteiger partial charge in [-0.25, -0.2) is 33.7 Å². The molecule has 0 radical (unpaired) electrons. The van der Waals surface area contributed by atoms with Crippen LogP contribution in [0.5, 0.6) is 0 Å². The average Bonchev–Trinajstić information content (AvgIpc) is 3.48. The van der Waals surface area contributed by atoms with Gasteiger partial charge in [0, 0.05) is 167 Å². The van der Waals surface area contributed by atoms with Gasteiger partial charge in [0.1, 0.15) is 0 Å². The van der Waals surface area contributed by atoms with Crippen LogP contribution < -0.4 is 19.6 Å². The number of nitrogens with zero attached hydrogens (tertiary/aromatic N) is 12. The zero-order valence-electron chi connectivity index (χ0n) is 47.5. The third-order valence-corrected chi connectivity index (χ3v) is 9.25. The predicted molar refractivity (Wildman–Crippen MR) is 289 cm³/mol. The molecule has 0 aliphatic heterocycles. The first-order chi connectivity index (χ1) is 39.0. The molecular formula is C46H56Au2F12N12O13S4. The minimum absolute atomic E-state index is 0. The molecule has 0 spiro atoms. The van der Waals surface area contributed by atoms with Crippen molar-refractivity contribution in [1.82, 2.24) is 29.9 Å². The molecule has 6 aromatic heterocycles. The number of alkyl halides is 12. The Bertz CT molecular complexity index is 2720. The summed E-state index contributed by atoms with van der Waals surface area (Å²) >= 11 is 0. The quantitative estimate of drug-likeness (QED) is 0.0700. The van der Waals surface area contributed by atoms with Gasteiger partial charge in [0.25, 0.3) is 0 Å². The maximum Gasteiger partial charge on any atom is 3.00 e. The van der Waals surface area contributed by atoms with E-state index in [4.69, 9.17) is 62.4 Å². The van der Waals surface area contributed by atoms with Gasteiger partial charge in [0.15, 0.2) is 40.5 Å². The van der Waals surface area contributed by atoms with Gasteiger partial charge >= 0.3 is 66.8 Å². The molecule has 0 N–H and O–H groups in total. The summed E-state index contributed by atoms with van der Waals surface area (Å²) < 4.78 is 236. The SMILES string of the molecule is CC#N.CC#N.CN(C)c1ccncc1.CN(C)c1ccncc1.CN(C)c1ccncc1.CN(C)c1ccncc1.O=S(=O)([O-])C(F)(F)F.O=S(=O)([O-])C(F)(F)F.O=S(=O)([O-])C(F)(F)F.O=S(=O)([O-])C(F)(F)F.[Au+3].[Au+3].[O-2].c1ccncc1.c1ccncc1. The Kier molecular flexibility index (Phi) is 60.5. The number of rotatable bonds is 4. The average molecular weight is 1740 g/mol.